The topological polar surface area (TPSA) is 110 Å². The van der Waals surface area contributed by atoms with Crippen molar-refractivity contribution in [3.8, 4) is 11.3 Å². The number of carbonyl (C=O) groups excluding carboxylic acids is 2. The van der Waals surface area contributed by atoms with Gasteiger partial charge in [0.1, 0.15) is 0 Å². The Kier molecular flexibility index (Phi) is 6.44. The van der Waals surface area contributed by atoms with E-state index in [1.54, 1.807) is 23.1 Å². The van der Waals surface area contributed by atoms with Crippen LogP contribution in [0.1, 0.15) is 34.3 Å². The molecule has 9 nitrogen and oxygen atoms in total. The number of benzene rings is 1. The summed E-state index contributed by atoms with van der Waals surface area (Å²) in [4.78, 5) is 27.7. The molecule has 1 saturated heterocycles. The first kappa shape index (κ1) is 24.9. The molecule has 2 aromatic heterocycles. The normalized spacial score (nSPS) is 21.4. The number of halogens is 3. The van der Waals surface area contributed by atoms with Crippen LogP contribution in [0.3, 0.4) is 0 Å². The lowest BCUT2D eigenvalue weighted by molar-refractivity contribution is -0.138. The molecule has 0 spiro atoms. The maximum atomic E-state index is 13.9. The van der Waals surface area contributed by atoms with Gasteiger partial charge in [0, 0.05) is 43.6 Å². The molecule has 37 heavy (non-hydrogen) atoms. The smallest absolute Gasteiger partial charge is 0.366 e. The monoisotopic (exact) mass is 513 g/mol. The van der Waals surface area contributed by atoms with Gasteiger partial charge in [-0.25, -0.2) is 4.79 Å². The molecule has 12 heteroatoms. The highest BCUT2D eigenvalue weighted by molar-refractivity contribution is 5.93. The van der Waals surface area contributed by atoms with Crippen LogP contribution in [0.4, 0.5) is 18.0 Å². The minimum atomic E-state index is -4.50. The van der Waals surface area contributed by atoms with Crippen molar-refractivity contribution in [1.82, 2.24) is 29.8 Å². The average molecular weight is 514 g/mol. The molecular formula is C25H26F3N7O2. The lowest BCUT2D eigenvalue weighted by Crippen LogP contribution is -2.36. The molecular weight excluding hydrogens is 487 g/mol. The number of fused-ring (bicyclic) bond motifs is 1. The molecule has 5 rings (SSSR count). The first-order valence-corrected chi connectivity index (χ1v) is 11.9. The largest absolute Gasteiger partial charge is 0.416 e. The maximum Gasteiger partial charge on any atom is 0.416 e. The van der Waals surface area contributed by atoms with Gasteiger partial charge >= 0.3 is 12.2 Å². The number of likely N-dealkylation sites (tertiary alicyclic amines) is 1. The molecule has 3 aromatic rings. The Labute approximate surface area is 211 Å². The lowest BCUT2D eigenvalue weighted by atomic mass is 10.0. The number of alkyl halides is 3. The highest BCUT2D eigenvalue weighted by atomic mass is 19.4. The molecule has 194 valence electrons. The molecule has 2 amide bonds. The predicted octanol–water partition coefficient (Wildman–Crippen LogP) is 3.27. The van der Waals surface area contributed by atoms with Gasteiger partial charge in [0.05, 0.1) is 23.0 Å². The molecule has 2 N–H and O–H groups in total. The Bertz CT molecular complexity index is 1300. The van der Waals surface area contributed by atoms with Crippen LogP contribution in [-0.4, -0.2) is 67.9 Å². The molecule has 1 aliphatic heterocycles. The molecule has 2 fully saturated rings. The molecule has 1 saturated carbocycles. The van der Waals surface area contributed by atoms with Gasteiger partial charge in [0.2, 0.25) is 0 Å². The summed E-state index contributed by atoms with van der Waals surface area (Å²) in [7, 11) is 1.85. The third-order valence-corrected chi connectivity index (χ3v) is 7.39. The van der Waals surface area contributed by atoms with Crippen molar-refractivity contribution < 1.29 is 22.8 Å². The lowest BCUT2D eigenvalue weighted by Gasteiger charge is -2.27. The fourth-order valence-corrected chi connectivity index (χ4v) is 5.47. The van der Waals surface area contributed by atoms with E-state index in [-0.39, 0.29) is 41.6 Å². The summed E-state index contributed by atoms with van der Waals surface area (Å²) in [6, 6.07) is 7.36. The van der Waals surface area contributed by atoms with Crippen LogP contribution >= 0.6 is 0 Å². The van der Waals surface area contributed by atoms with E-state index >= 15 is 0 Å². The van der Waals surface area contributed by atoms with Gasteiger partial charge in [-0.2, -0.15) is 33.1 Å². The molecule has 0 unspecified atom stereocenters. The van der Waals surface area contributed by atoms with Crippen molar-refractivity contribution in [3.63, 3.8) is 0 Å². The molecule has 1 aliphatic carbocycles. The van der Waals surface area contributed by atoms with E-state index in [0.717, 1.165) is 23.6 Å². The van der Waals surface area contributed by atoms with E-state index in [1.165, 1.54) is 24.7 Å². The van der Waals surface area contributed by atoms with Crippen molar-refractivity contribution in [3.05, 3.63) is 65.6 Å². The van der Waals surface area contributed by atoms with Crippen molar-refractivity contribution in [2.24, 2.45) is 17.6 Å². The molecule has 0 radical (unpaired) electrons. The van der Waals surface area contributed by atoms with Gasteiger partial charge in [0.25, 0.3) is 5.91 Å². The summed E-state index contributed by atoms with van der Waals surface area (Å²) < 4.78 is 42.9. The molecule has 3 atom stereocenters. The Balaban J connectivity index is 1.24. The third-order valence-electron chi connectivity index (χ3n) is 7.39. The van der Waals surface area contributed by atoms with Gasteiger partial charge in [0.15, 0.2) is 0 Å². The molecule has 1 aromatic carbocycles. The SMILES string of the molecule is CN(Cc1ccc(-c2cccnn2)cc1C(F)(F)F)[C@H]1C[C@@H]2CN(C(=O)n3cc(C(N)=O)cn3)C[C@@H]2C1. The van der Waals surface area contributed by atoms with Crippen LogP contribution in [0, 0.1) is 11.8 Å². The maximum absolute atomic E-state index is 13.9. The van der Waals surface area contributed by atoms with Crippen molar-refractivity contribution in [2.75, 3.05) is 20.1 Å². The second-order valence-corrected chi connectivity index (χ2v) is 9.76. The Morgan fingerprint density at radius 3 is 2.49 bits per heavy atom. The van der Waals surface area contributed by atoms with E-state index < -0.39 is 17.6 Å². The second-order valence-electron chi connectivity index (χ2n) is 9.76. The standard InChI is InChI=1S/C25H26F3N7O2/c1-33(11-16-5-4-15(9-21(16)25(26,27)28)22-3-2-6-30-32-22)20-7-17-12-34(13-18(17)8-20)24(37)35-14-19(10-31-35)23(29)36/h2-6,9-10,14,17-18,20H,7-8,11-13H2,1H3,(H2,29,36)/t17-,18+,20+. The van der Waals surface area contributed by atoms with Crippen molar-refractivity contribution in [1.29, 1.82) is 0 Å². The summed E-state index contributed by atoms with van der Waals surface area (Å²) in [5, 5.41) is 11.6. The van der Waals surface area contributed by atoms with E-state index in [1.807, 2.05) is 11.9 Å². The van der Waals surface area contributed by atoms with E-state index in [2.05, 4.69) is 15.3 Å². The van der Waals surface area contributed by atoms with Gasteiger partial charge in [-0.3, -0.25) is 9.69 Å². The number of primary amides is 1. The van der Waals surface area contributed by atoms with E-state index in [9.17, 15) is 22.8 Å². The summed E-state index contributed by atoms with van der Waals surface area (Å²) in [6.07, 6.45) is 1.13. The fourth-order valence-electron chi connectivity index (χ4n) is 5.47. The van der Waals surface area contributed by atoms with Gasteiger partial charge < -0.3 is 10.6 Å². The van der Waals surface area contributed by atoms with Crippen LogP contribution < -0.4 is 5.73 Å². The number of hydrogen-bond donors (Lipinski definition) is 1. The number of hydrogen-bond acceptors (Lipinski definition) is 6. The van der Waals surface area contributed by atoms with E-state index in [4.69, 9.17) is 5.73 Å². The van der Waals surface area contributed by atoms with Crippen LogP contribution in [0.15, 0.2) is 48.9 Å². The van der Waals surface area contributed by atoms with Crippen LogP contribution in [0.5, 0.6) is 0 Å². The highest BCUT2D eigenvalue weighted by Crippen LogP contribution is 2.41. The highest BCUT2D eigenvalue weighted by Gasteiger charge is 2.44. The first-order chi connectivity index (χ1) is 17.6. The van der Waals surface area contributed by atoms with Crippen molar-refractivity contribution >= 4 is 11.9 Å². The number of rotatable bonds is 5. The minimum Gasteiger partial charge on any atom is -0.366 e. The van der Waals surface area contributed by atoms with Crippen molar-refractivity contribution in [2.45, 2.75) is 31.6 Å². The molecule has 3 heterocycles. The average Bonchev–Trinajstić information content (AvgIpc) is 3.59. The quantitative estimate of drug-likeness (QED) is 0.561. The van der Waals surface area contributed by atoms with Crippen LogP contribution in [-0.2, 0) is 12.7 Å². The predicted molar refractivity (Wildman–Crippen MR) is 127 cm³/mol. The van der Waals surface area contributed by atoms with E-state index in [0.29, 0.717) is 24.3 Å². The zero-order valence-electron chi connectivity index (χ0n) is 20.1. The molecule has 2 aliphatic rings. The summed E-state index contributed by atoms with van der Waals surface area (Å²) in [5.41, 5.74) is 5.68. The number of aromatic nitrogens is 4. The Morgan fingerprint density at radius 2 is 1.89 bits per heavy atom. The zero-order chi connectivity index (χ0) is 26.3. The fraction of sp³-hybridized carbons (Fsp3) is 0.400. The number of amides is 2. The zero-order valence-corrected chi connectivity index (χ0v) is 20.1. The number of carbonyl (C=O) groups is 2. The van der Waals surface area contributed by atoms with Crippen LogP contribution in [0.25, 0.3) is 11.3 Å². The third kappa shape index (κ3) is 5.06. The summed E-state index contributed by atoms with van der Waals surface area (Å²) >= 11 is 0. The number of nitrogens with two attached hydrogens (primary N) is 1. The summed E-state index contributed by atoms with van der Waals surface area (Å²) in [6.45, 7) is 1.24. The Hall–Kier alpha value is -3.80. The summed E-state index contributed by atoms with van der Waals surface area (Å²) in [5.74, 6) is -0.146. The first-order valence-electron chi connectivity index (χ1n) is 11.9. The van der Waals surface area contributed by atoms with Crippen LogP contribution in [0.2, 0.25) is 0 Å². The minimum absolute atomic E-state index is 0.110. The van der Waals surface area contributed by atoms with Gasteiger partial charge in [-0.05, 0) is 55.5 Å². The van der Waals surface area contributed by atoms with Gasteiger partial charge in [-0.15, -0.1) is 0 Å². The molecule has 0 bridgehead atoms. The number of nitrogens with zero attached hydrogens (tertiary/aromatic N) is 6. The second kappa shape index (κ2) is 9.58. The Morgan fingerprint density at radius 1 is 1.16 bits per heavy atom. The van der Waals surface area contributed by atoms with Gasteiger partial charge in [-0.1, -0.05) is 12.1 Å².